The van der Waals surface area contributed by atoms with Crippen LogP contribution in [0.4, 0.5) is 0 Å². The Hall–Kier alpha value is -1.91. The number of H-pyrrole nitrogens is 1. The highest BCUT2D eigenvalue weighted by molar-refractivity contribution is 6.38. The van der Waals surface area contributed by atoms with Gasteiger partial charge in [0, 0.05) is 0 Å². The molecule has 1 aromatic heterocycles. The first kappa shape index (κ1) is 15.0. The van der Waals surface area contributed by atoms with Crippen LogP contribution in [0.15, 0.2) is 24.3 Å². The summed E-state index contributed by atoms with van der Waals surface area (Å²) in [5, 5.41) is 0.726. The lowest BCUT2D eigenvalue weighted by atomic mass is 10.1. The number of aromatic amines is 1. The second-order valence-corrected chi connectivity index (χ2v) is 5.68. The average molecular weight is 337 g/mol. The standard InChI is InChI=1S/C16H14Cl2N2O2/c1-8-4-5-11-12(6-8)20-16(19-11)9-7-10(17)15(22-3)13(18)14(9)21-2/h4-7H,1-3H3,(H,19,20). The molecule has 0 fully saturated rings. The van der Waals surface area contributed by atoms with Gasteiger partial charge in [0.2, 0.25) is 0 Å². The fourth-order valence-electron chi connectivity index (χ4n) is 2.40. The summed E-state index contributed by atoms with van der Waals surface area (Å²) >= 11 is 12.5. The molecular formula is C16H14Cl2N2O2. The van der Waals surface area contributed by atoms with Gasteiger partial charge in [-0.05, 0) is 30.7 Å². The number of rotatable bonds is 3. The van der Waals surface area contributed by atoms with E-state index in [9.17, 15) is 0 Å². The van der Waals surface area contributed by atoms with E-state index in [2.05, 4.69) is 9.97 Å². The van der Waals surface area contributed by atoms with Crippen LogP contribution in [0, 0.1) is 6.92 Å². The van der Waals surface area contributed by atoms with Crippen molar-refractivity contribution in [2.75, 3.05) is 14.2 Å². The molecule has 4 nitrogen and oxygen atoms in total. The molecular weight excluding hydrogens is 323 g/mol. The predicted octanol–water partition coefficient (Wildman–Crippen LogP) is 4.86. The monoisotopic (exact) mass is 336 g/mol. The van der Waals surface area contributed by atoms with Gasteiger partial charge in [0.15, 0.2) is 11.5 Å². The average Bonchev–Trinajstić information content (AvgIpc) is 2.90. The minimum atomic E-state index is 0.323. The van der Waals surface area contributed by atoms with E-state index >= 15 is 0 Å². The maximum atomic E-state index is 6.32. The highest BCUT2D eigenvalue weighted by atomic mass is 35.5. The molecule has 3 rings (SSSR count). The molecule has 0 aliphatic carbocycles. The maximum Gasteiger partial charge on any atom is 0.159 e. The van der Waals surface area contributed by atoms with Crippen molar-refractivity contribution in [2.45, 2.75) is 6.92 Å². The van der Waals surface area contributed by atoms with E-state index < -0.39 is 0 Å². The minimum Gasteiger partial charge on any atom is -0.494 e. The number of halogens is 2. The van der Waals surface area contributed by atoms with E-state index in [0.29, 0.717) is 32.9 Å². The smallest absolute Gasteiger partial charge is 0.159 e. The van der Waals surface area contributed by atoms with Gasteiger partial charge in [0.1, 0.15) is 10.8 Å². The van der Waals surface area contributed by atoms with Crippen molar-refractivity contribution in [1.29, 1.82) is 0 Å². The van der Waals surface area contributed by atoms with E-state index in [1.54, 1.807) is 13.2 Å². The zero-order chi connectivity index (χ0) is 15.9. The van der Waals surface area contributed by atoms with E-state index in [1.807, 2.05) is 25.1 Å². The number of ether oxygens (including phenoxy) is 2. The molecule has 1 N–H and O–H groups in total. The Morgan fingerprint density at radius 1 is 1.05 bits per heavy atom. The molecule has 0 bridgehead atoms. The van der Waals surface area contributed by atoms with Gasteiger partial charge >= 0.3 is 0 Å². The fourth-order valence-corrected chi connectivity index (χ4v) is 3.08. The summed E-state index contributed by atoms with van der Waals surface area (Å²) < 4.78 is 10.6. The number of nitrogens with zero attached hydrogens (tertiary/aromatic N) is 1. The van der Waals surface area contributed by atoms with Crippen LogP contribution in [-0.4, -0.2) is 24.2 Å². The molecule has 114 valence electrons. The number of imidazole rings is 1. The molecule has 0 spiro atoms. The van der Waals surface area contributed by atoms with Gasteiger partial charge in [0.05, 0.1) is 35.8 Å². The zero-order valence-electron chi connectivity index (χ0n) is 12.3. The van der Waals surface area contributed by atoms with Crippen LogP contribution >= 0.6 is 23.2 Å². The lowest BCUT2D eigenvalue weighted by molar-refractivity contribution is 0.396. The third kappa shape index (κ3) is 2.38. The second-order valence-electron chi connectivity index (χ2n) is 4.89. The van der Waals surface area contributed by atoms with Gasteiger partial charge in [-0.3, -0.25) is 0 Å². The van der Waals surface area contributed by atoms with Gasteiger partial charge in [0.25, 0.3) is 0 Å². The van der Waals surface area contributed by atoms with Crippen molar-refractivity contribution in [3.63, 3.8) is 0 Å². The molecule has 2 aromatic carbocycles. The van der Waals surface area contributed by atoms with Crippen molar-refractivity contribution in [2.24, 2.45) is 0 Å². The van der Waals surface area contributed by atoms with Crippen LogP contribution in [0.2, 0.25) is 10.0 Å². The number of benzene rings is 2. The Morgan fingerprint density at radius 2 is 1.77 bits per heavy atom. The molecule has 0 saturated carbocycles. The van der Waals surface area contributed by atoms with Gasteiger partial charge in [-0.15, -0.1) is 0 Å². The molecule has 0 unspecified atom stereocenters. The highest BCUT2D eigenvalue weighted by Crippen LogP contribution is 2.45. The molecule has 22 heavy (non-hydrogen) atoms. The molecule has 0 saturated heterocycles. The molecule has 0 amide bonds. The lowest BCUT2D eigenvalue weighted by Crippen LogP contribution is -1.94. The van der Waals surface area contributed by atoms with Crippen LogP contribution in [0.1, 0.15) is 5.56 Å². The summed E-state index contributed by atoms with van der Waals surface area (Å²) in [7, 11) is 3.06. The van der Waals surface area contributed by atoms with Crippen LogP contribution in [0.25, 0.3) is 22.4 Å². The largest absolute Gasteiger partial charge is 0.494 e. The normalized spacial score (nSPS) is 11.0. The number of aromatic nitrogens is 2. The van der Waals surface area contributed by atoms with Crippen molar-refractivity contribution in [3.05, 3.63) is 39.9 Å². The number of aryl methyl sites for hydroxylation is 1. The number of hydrogen-bond acceptors (Lipinski definition) is 3. The van der Waals surface area contributed by atoms with E-state index in [1.165, 1.54) is 7.11 Å². The van der Waals surface area contributed by atoms with E-state index in [-0.39, 0.29) is 0 Å². The molecule has 6 heteroatoms. The van der Waals surface area contributed by atoms with E-state index in [4.69, 9.17) is 32.7 Å². The number of nitrogens with one attached hydrogen (secondary N) is 1. The summed E-state index contributed by atoms with van der Waals surface area (Å²) in [6.07, 6.45) is 0. The van der Waals surface area contributed by atoms with Crippen LogP contribution in [0.5, 0.6) is 11.5 Å². The summed E-state index contributed by atoms with van der Waals surface area (Å²) in [6.45, 7) is 2.03. The second kappa shape index (κ2) is 5.71. The first-order valence-electron chi connectivity index (χ1n) is 6.62. The maximum absolute atomic E-state index is 6.32. The highest BCUT2D eigenvalue weighted by Gasteiger charge is 2.20. The number of fused-ring (bicyclic) bond motifs is 1. The lowest BCUT2D eigenvalue weighted by Gasteiger charge is -2.13. The Bertz CT molecular complexity index is 859. The van der Waals surface area contributed by atoms with Gasteiger partial charge in [-0.25, -0.2) is 4.98 Å². The first-order valence-corrected chi connectivity index (χ1v) is 7.37. The van der Waals surface area contributed by atoms with Crippen molar-refractivity contribution in [3.8, 4) is 22.9 Å². The first-order chi connectivity index (χ1) is 10.5. The number of hydrogen-bond donors (Lipinski definition) is 1. The van der Waals surface area contributed by atoms with E-state index in [0.717, 1.165) is 16.6 Å². The molecule has 0 radical (unpaired) electrons. The van der Waals surface area contributed by atoms with Crippen molar-refractivity contribution in [1.82, 2.24) is 9.97 Å². The van der Waals surface area contributed by atoms with Crippen LogP contribution < -0.4 is 9.47 Å². The fraction of sp³-hybridized carbons (Fsp3) is 0.188. The Morgan fingerprint density at radius 3 is 2.45 bits per heavy atom. The topological polar surface area (TPSA) is 47.1 Å². The SMILES string of the molecule is COc1c(Cl)cc(-c2nc3ccc(C)cc3[nH]2)c(OC)c1Cl. The molecule has 0 atom stereocenters. The summed E-state index contributed by atoms with van der Waals surface area (Å²) in [5.74, 6) is 1.50. The van der Waals surface area contributed by atoms with Gasteiger partial charge in [-0.2, -0.15) is 0 Å². The third-order valence-electron chi connectivity index (χ3n) is 3.43. The van der Waals surface area contributed by atoms with Crippen LogP contribution in [0.3, 0.4) is 0 Å². The van der Waals surface area contributed by atoms with Gasteiger partial charge < -0.3 is 14.5 Å². The third-order valence-corrected chi connectivity index (χ3v) is 4.06. The summed E-state index contributed by atoms with van der Waals surface area (Å²) in [6, 6.07) is 7.74. The Balaban J connectivity index is 2.25. The van der Waals surface area contributed by atoms with Crippen molar-refractivity contribution >= 4 is 34.2 Å². The Kier molecular flexibility index (Phi) is 3.89. The van der Waals surface area contributed by atoms with Gasteiger partial charge in [-0.1, -0.05) is 29.3 Å². The molecule has 3 aromatic rings. The van der Waals surface area contributed by atoms with Crippen molar-refractivity contribution < 1.29 is 9.47 Å². The van der Waals surface area contributed by atoms with Crippen LogP contribution in [-0.2, 0) is 0 Å². The predicted molar refractivity (Wildman–Crippen MR) is 89.4 cm³/mol. The quantitative estimate of drug-likeness (QED) is 0.742. The molecule has 0 aliphatic heterocycles. The Labute approximate surface area is 138 Å². The zero-order valence-corrected chi connectivity index (χ0v) is 13.8. The molecule has 0 aliphatic rings. The summed E-state index contributed by atoms with van der Waals surface area (Å²) in [5.41, 5.74) is 3.65. The summed E-state index contributed by atoms with van der Waals surface area (Å²) in [4.78, 5) is 7.85. The molecule has 1 heterocycles. The number of methoxy groups -OCH3 is 2. The minimum absolute atomic E-state index is 0.323.